The van der Waals surface area contributed by atoms with Gasteiger partial charge in [-0.3, -0.25) is 19.7 Å². The first-order valence-corrected chi connectivity index (χ1v) is 11.4. The Morgan fingerprint density at radius 2 is 1.72 bits per heavy atom. The predicted molar refractivity (Wildman–Crippen MR) is 116 cm³/mol. The fourth-order valence-electron chi connectivity index (χ4n) is 6.54. The largest absolute Gasteiger partial charge is 0.447 e. The van der Waals surface area contributed by atoms with Gasteiger partial charge >= 0.3 is 12.0 Å². The minimum Gasteiger partial charge on any atom is -0.447 e. The molecule has 0 aliphatic heterocycles. The van der Waals surface area contributed by atoms with Crippen molar-refractivity contribution in [3.8, 4) is 0 Å². The van der Waals surface area contributed by atoms with Crippen LogP contribution in [-0.4, -0.2) is 35.9 Å². The van der Waals surface area contributed by atoms with Crippen molar-refractivity contribution < 1.29 is 23.9 Å². The van der Waals surface area contributed by atoms with Gasteiger partial charge in [0, 0.05) is 24.6 Å². The standard InChI is InChI=1S/C24H31N3O5/c1-3-25-22(31)26-20(29)19(18-7-5-4-6-8-18)32-21(30)23-10-16-9-17(11-23)13-24(12-16,14-23)27-15(2)28/h4-8,16-17,19H,3,9-14H2,1-2H3,(H,27,28)(H2,25,26,29,31). The van der Waals surface area contributed by atoms with Gasteiger partial charge < -0.3 is 15.4 Å². The number of carbonyl (C=O) groups excluding carboxylic acids is 4. The van der Waals surface area contributed by atoms with Crippen LogP contribution in [0.15, 0.2) is 30.3 Å². The van der Waals surface area contributed by atoms with Crippen molar-refractivity contribution in [1.29, 1.82) is 0 Å². The highest BCUT2D eigenvalue weighted by Crippen LogP contribution is 2.62. The zero-order valence-electron chi connectivity index (χ0n) is 18.6. The molecule has 4 amide bonds. The lowest BCUT2D eigenvalue weighted by Crippen LogP contribution is -2.64. The summed E-state index contributed by atoms with van der Waals surface area (Å²) in [7, 11) is 0. The number of ether oxygens (including phenoxy) is 1. The zero-order chi connectivity index (χ0) is 22.9. The molecule has 3 atom stereocenters. The number of hydrogen-bond donors (Lipinski definition) is 3. The second-order valence-electron chi connectivity index (χ2n) is 9.75. The average Bonchev–Trinajstić information content (AvgIpc) is 2.70. The minimum absolute atomic E-state index is 0.0843. The first-order chi connectivity index (χ1) is 15.2. The summed E-state index contributed by atoms with van der Waals surface area (Å²) in [4.78, 5) is 50.3. The Hall–Kier alpha value is -2.90. The molecule has 8 heteroatoms. The average molecular weight is 442 g/mol. The van der Waals surface area contributed by atoms with Gasteiger partial charge in [-0.2, -0.15) is 0 Å². The fraction of sp³-hybridized carbons (Fsp3) is 0.583. The summed E-state index contributed by atoms with van der Waals surface area (Å²) < 4.78 is 5.87. The minimum atomic E-state index is -1.23. The van der Waals surface area contributed by atoms with Crippen LogP contribution in [0.4, 0.5) is 4.79 Å². The van der Waals surface area contributed by atoms with E-state index in [-0.39, 0.29) is 11.4 Å². The molecule has 1 aromatic carbocycles. The van der Waals surface area contributed by atoms with Gasteiger partial charge in [-0.05, 0) is 57.3 Å². The van der Waals surface area contributed by atoms with E-state index in [0.29, 0.717) is 43.2 Å². The van der Waals surface area contributed by atoms with E-state index < -0.39 is 29.4 Å². The molecule has 5 rings (SSSR count). The molecule has 4 fully saturated rings. The van der Waals surface area contributed by atoms with Gasteiger partial charge in [-0.25, -0.2) is 4.79 Å². The molecule has 4 bridgehead atoms. The topological polar surface area (TPSA) is 114 Å². The third-order valence-corrected chi connectivity index (χ3v) is 7.07. The van der Waals surface area contributed by atoms with Crippen LogP contribution >= 0.6 is 0 Å². The lowest BCUT2D eigenvalue weighted by Gasteiger charge is -2.60. The van der Waals surface area contributed by atoms with Crippen LogP contribution < -0.4 is 16.0 Å². The van der Waals surface area contributed by atoms with E-state index in [2.05, 4.69) is 16.0 Å². The molecule has 4 saturated carbocycles. The molecule has 0 heterocycles. The molecule has 0 spiro atoms. The van der Waals surface area contributed by atoms with Crippen LogP contribution in [0, 0.1) is 17.3 Å². The number of amides is 4. The van der Waals surface area contributed by atoms with Gasteiger partial charge in [-0.15, -0.1) is 0 Å². The highest BCUT2D eigenvalue weighted by molar-refractivity contribution is 5.98. The van der Waals surface area contributed by atoms with E-state index >= 15 is 0 Å². The summed E-state index contributed by atoms with van der Waals surface area (Å²) in [6.07, 6.45) is 3.57. The van der Waals surface area contributed by atoms with Crippen LogP contribution in [0.25, 0.3) is 0 Å². The molecule has 4 aliphatic rings. The fourth-order valence-corrected chi connectivity index (χ4v) is 6.54. The summed E-state index contributed by atoms with van der Waals surface area (Å²) in [5, 5.41) is 7.92. The Balaban J connectivity index is 1.57. The van der Waals surface area contributed by atoms with Crippen LogP contribution in [0.2, 0.25) is 0 Å². The monoisotopic (exact) mass is 441 g/mol. The maximum absolute atomic E-state index is 13.6. The SMILES string of the molecule is CCNC(=O)NC(=O)C(OC(=O)C12CC3CC(CC(NC(C)=O)(C3)C1)C2)c1ccccc1. The van der Waals surface area contributed by atoms with Gasteiger partial charge in [0.05, 0.1) is 5.41 Å². The second kappa shape index (κ2) is 8.56. The molecular weight excluding hydrogens is 410 g/mol. The molecule has 3 unspecified atom stereocenters. The Morgan fingerprint density at radius 1 is 1.06 bits per heavy atom. The molecule has 8 nitrogen and oxygen atoms in total. The molecule has 0 radical (unpaired) electrons. The summed E-state index contributed by atoms with van der Waals surface area (Å²) in [5.74, 6) is -0.470. The van der Waals surface area contributed by atoms with Crippen LogP contribution in [0.1, 0.15) is 64.0 Å². The van der Waals surface area contributed by atoms with Crippen LogP contribution in [-0.2, 0) is 19.1 Å². The molecule has 0 saturated heterocycles. The van der Waals surface area contributed by atoms with E-state index in [1.54, 1.807) is 37.3 Å². The molecule has 4 aliphatic carbocycles. The maximum Gasteiger partial charge on any atom is 0.321 e. The van der Waals surface area contributed by atoms with Gasteiger partial charge in [0.25, 0.3) is 5.91 Å². The van der Waals surface area contributed by atoms with Crippen molar-refractivity contribution in [2.24, 2.45) is 17.3 Å². The second-order valence-corrected chi connectivity index (χ2v) is 9.75. The Morgan fingerprint density at radius 3 is 2.31 bits per heavy atom. The van der Waals surface area contributed by atoms with E-state index in [1.165, 1.54) is 6.92 Å². The summed E-state index contributed by atoms with van der Waals surface area (Å²) >= 11 is 0. The molecule has 3 N–H and O–H groups in total. The molecule has 0 aromatic heterocycles. The number of esters is 1. The van der Waals surface area contributed by atoms with Gasteiger partial charge in [0.2, 0.25) is 12.0 Å². The van der Waals surface area contributed by atoms with Crippen molar-refractivity contribution in [3.05, 3.63) is 35.9 Å². The first kappa shape index (κ1) is 22.3. The van der Waals surface area contributed by atoms with Gasteiger partial charge in [-0.1, -0.05) is 30.3 Å². The van der Waals surface area contributed by atoms with Crippen LogP contribution in [0.5, 0.6) is 0 Å². The number of carbonyl (C=O) groups is 4. The normalized spacial score (nSPS) is 30.8. The lowest BCUT2D eigenvalue weighted by molar-refractivity contribution is -0.183. The molecule has 172 valence electrons. The van der Waals surface area contributed by atoms with E-state index in [1.807, 2.05) is 0 Å². The van der Waals surface area contributed by atoms with Crippen LogP contribution in [0.3, 0.4) is 0 Å². The Bertz CT molecular complexity index is 901. The smallest absolute Gasteiger partial charge is 0.321 e. The third-order valence-electron chi connectivity index (χ3n) is 7.07. The van der Waals surface area contributed by atoms with Crippen molar-refractivity contribution in [2.45, 2.75) is 64.0 Å². The van der Waals surface area contributed by atoms with E-state index in [0.717, 1.165) is 19.3 Å². The quantitative estimate of drug-likeness (QED) is 0.587. The highest BCUT2D eigenvalue weighted by Gasteiger charge is 2.62. The number of rotatable bonds is 6. The van der Waals surface area contributed by atoms with Crippen molar-refractivity contribution >= 4 is 23.8 Å². The summed E-state index contributed by atoms with van der Waals surface area (Å²) in [5.41, 5.74) is -0.588. The number of nitrogens with one attached hydrogen (secondary N) is 3. The third kappa shape index (κ3) is 4.36. The van der Waals surface area contributed by atoms with Crippen molar-refractivity contribution in [2.75, 3.05) is 6.54 Å². The first-order valence-electron chi connectivity index (χ1n) is 11.4. The number of benzene rings is 1. The molecule has 32 heavy (non-hydrogen) atoms. The highest BCUT2D eigenvalue weighted by atomic mass is 16.5. The maximum atomic E-state index is 13.6. The van der Waals surface area contributed by atoms with E-state index in [9.17, 15) is 19.2 Å². The lowest BCUT2D eigenvalue weighted by atomic mass is 9.47. The number of imide groups is 1. The molecular formula is C24H31N3O5. The van der Waals surface area contributed by atoms with Gasteiger partial charge in [0.1, 0.15) is 0 Å². The summed E-state index contributed by atoms with van der Waals surface area (Å²) in [6.45, 7) is 3.63. The number of urea groups is 1. The van der Waals surface area contributed by atoms with E-state index in [4.69, 9.17) is 4.74 Å². The summed E-state index contributed by atoms with van der Waals surface area (Å²) in [6, 6.07) is 8.09. The van der Waals surface area contributed by atoms with Crippen molar-refractivity contribution in [3.63, 3.8) is 0 Å². The Kier molecular flexibility index (Phi) is 5.97. The number of hydrogen-bond acceptors (Lipinski definition) is 5. The molecule has 1 aromatic rings. The zero-order valence-corrected chi connectivity index (χ0v) is 18.6. The predicted octanol–water partition coefficient (Wildman–Crippen LogP) is 2.59. The van der Waals surface area contributed by atoms with Gasteiger partial charge in [0.15, 0.2) is 0 Å². The van der Waals surface area contributed by atoms with Crippen molar-refractivity contribution in [1.82, 2.24) is 16.0 Å². The Labute approximate surface area is 187 Å².